The van der Waals surface area contributed by atoms with Gasteiger partial charge in [0.25, 0.3) is 11.6 Å². The van der Waals surface area contributed by atoms with Crippen LogP contribution in [0.15, 0.2) is 12.1 Å². The lowest BCUT2D eigenvalue weighted by atomic mass is 9.85. The van der Waals surface area contributed by atoms with Crippen LogP contribution < -0.4 is 14.8 Å². The van der Waals surface area contributed by atoms with Crippen molar-refractivity contribution in [3.63, 3.8) is 0 Å². The quantitative estimate of drug-likeness (QED) is 0.432. The molecule has 1 aliphatic rings. The Morgan fingerprint density at radius 1 is 1.29 bits per heavy atom. The Balaban J connectivity index is 2.27. The second-order valence-electron chi connectivity index (χ2n) is 6.23. The molecule has 1 fully saturated rings. The van der Waals surface area contributed by atoms with Crippen molar-refractivity contribution in [3.8, 4) is 11.5 Å². The lowest BCUT2D eigenvalue weighted by molar-refractivity contribution is -0.385. The highest BCUT2D eigenvalue weighted by atomic mass is 19.4. The van der Waals surface area contributed by atoms with Crippen molar-refractivity contribution in [2.75, 3.05) is 7.11 Å². The minimum absolute atomic E-state index is 0.0521. The van der Waals surface area contributed by atoms with Crippen LogP contribution in [-0.2, 0) is 0 Å². The monoisotopic (exact) mass is 412 g/mol. The predicted octanol–water partition coefficient (Wildman–Crippen LogP) is 4.06. The van der Waals surface area contributed by atoms with Crippen molar-refractivity contribution in [1.29, 1.82) is 0 Å². The number of methoxy groups -OCH3 is 1. The average molecular weight is 412 g/mol. The molecule has 0 aliphatic heterocycles. The molecule has 1 amide bonds. The van der Waals surface area contributed by atoms with E-state index in [0.717, 1.165) is 13.2 Å². The van der Waals surface area contributed by atoms with Crippen LogP contribution in [0, 0.1) is 16.0 Å². The second-order valence-corrected chi connectivity index (χ2v) is 6.23. The summed E-state index contributed by atoms with van der Waals surface area (Å²) in [6.07, 6.45) is -4.26. The third-order valence-electron chi connectivity index (χ3n) is 4.41. The maximum absolute atomic E-state index is 12.9. The molecule has 12 heteroatoms. The number of nitro benzene ring substituents is 1. The highest BCUT2D eigenvalue weighted by molar-refractivity contribution is 5.99. The molecule has 1 aromatic carbocycles. The molecule has 1 aromatic rings. The number of halogens is 5. The summed E-state index contributed by atoms with van der Waals surface area (Å²) in [6.45, 7) is -3.28. The van der Waals surface area contributed by atoms with Gasteiger partial charge in [-0.3, -0.25) is 14.9 Å². The molecular weight excluding hydrogens is 395 g/mol. The first-order valence-corrected chi connectivity index (χ1v) is 8.21. The summed E-state index contributed by atoms with van der Waals surface area (Å²) in [5.41, 5.74) is -1.37. The Labute approximate surface area is 155 Å². The number of nitro groups is 1. The molecule has 0 heterocycles. The number of rotatable bonds is 6. The molecule has 156 valence electrons. The van der Waals surface area contributed by atoms with E-state index in [1.165, 1.54) is 0 Å². The van der Waals surface area contributed by atoms with E-state index in [4.69, 9.17) is 4.74 Å². The minimum Gasteiger partial charge on any atom is -0.493 e. The number of amides is 1. The molecule has 2 atom stereocenters. The van der Waals surface area contributed by atoms with E-state index in [-0.39, 0.29) is 31.4 Å². The number of nitrogens with one attached hydrogen (secondary N) is 1. The summed E-state index contributed by atoms with van der Waals surface area (Å²) >= 11 is 0. The van der Waals surface area contributed by atoms with Crippen molar-refractivity contribution >= 4 is 11.6 Å². The first kappa shape index (κ1) is 21.6. The number of hydrogen-bond acceptors (Lipinski definition) is 5. The van der Waals surface area contributed by atoms with Gasteiger partial charge in [0, 0.05) is 12.1 Å². The molecule has 0 bridgehead atoms. The van der Waals surface area contributed by atoms with Gasteiger partial charge in [0.1, 0.15) is 5.56 Å². The molecule has 2 unspecified atom stereocenters. The van der Waals surface area contributed by atoms with E-state index >= 15 is 0 Å². The fourth-order valence-corrected chi connectivity index (χ4v) is 3.11. The van der Waals surface area contributed by atoms with Crippen LogP contribution in [0.4, 0.5) is 27.6 Å². The van der Waals surface area contributed by atoms with Gasteiger partial charge in [-0.15, -0.1) is 0 Å². The number of alkyl halides is 5. The zero-order valence-corrected chi connectivity index (χ0v) is 14.6. The molecule has 0 aromatic heterocycles. The fourth-order valence-electron chi connectivity index (χ4n) is 3.11. The maximum atomic E-state index is 12.9. The van der Waals surface area contributed by atoms with Gasteiger partial charge in [0.2, 0.25) is 0 Å². The normalized spacial score (nSPS) is 20.0. The second kappa shape index (κ2) is 8.57. The average Bonchev–Trinajstić information content (AvgIpc) is 2.60. The van der Waals surface area contributed by atoms with Crippen molar-refractivity contribution in [2.24, 2.45) is 5.92 Å². The van der Waals surface area contributed by atoms with E-state index in [2.05, 4.69) is 10.1 Å². The fraction of sp³-hybridized carbons (Fsp3) is 0.562. The van der Waals surface area contributed by atoms with Gasteiger partial charge in [-0.25, -0.2) is 0 Å². The van der Waals surface area contributed by atoms with Gasteiger partial charge in [-0.1, -0.05) is 6.42 Å². The topological polar surface area (TPSA) is 90.7 Å². The first-order valence-electron chi connectivity index (χ1n) is 8.21. The lowest BCUT2D eigenvalue weighted by Gasteiger charge is -2.31. The SMILES string of the molecule is COc1cc(C(=O)NC2CCCC(C(F)(F)F)C2)c([N+](=O)[O-])cc1OC(F)F. The van der Waals surface area contributed by atoms with Crippen LogP contribution in [0.25, 0.3) is 0 Å². The molecule has 2 rings (SSSR count). The Morgan fingerprint density at radius 2 is 1.96 bits per heavy atom. The zero-order valence-electron chi connectivity index (χ0n) is 14.6. The highest BCUT2D eigenvalue weighted by Gasteiger charge is 2.42. The van der Waals surface area contributed by atoms with E-state index in [1.54, 1.807) is 0 Å². The van der Waals surface area contributed by atoms with Crippen LogP contribution in [0.5, 0.6) is 11.5 Å². The van der Waals surface area contributed by atoms with Crippen LogP contribution in [-0.4, -0.2) is 36.8 Å². The van der Waals surface area contributed by atoms with Gasteiger partial charge in [0.05, 0.1) is 24.0 Å². The summed E-state index contributed by atoms with van der Waals surface area (Å²) in [5.74, 6) is -3.57. The molecule has 0 saturated heterocycles. The molecule has 7 nitrogen and oxygen atoms in total. The van der Waals surface area contributed by atoms with Crippen LogP contribution in [0.1, 0.15) is 36.0 Å². The standard InChI is InChI=1S/C16H17F5N2O5/c1-27-12-6-10(11(23(25)26)7-13(12)28-15(17)18)14(24)22-9-4-2-3-8(5-9)16(19,20)21/h6-9,15H,2-5H2,1H3,(H,22,24). The molecule has 0 spiro atoms. The highest BCUT2D eigenvalue weighted by Crippen LogP contribution is 2.38. The van der Waals surface area contributed by atoms with Crippen molar-refractivity contribution in [3.05, 3.63) is 27.8 Å². The number of carbonyl (C=O) groups is 1. The third kappa shape index (κ3) is 5.20. The van der Waals surface area contributed by atoms with Gasteiger partial charge >= 0.3 is 12.8 Å². The largest absolute Gasteiger partial charge is 0.493 e. The number of nitrogens with zero attached hydrogens (tertiary/aromatic N) is 1. The van der Waals surface area contributed by atoms with Crippen LogP contribution >= 0.6 is 0 Å². The zero-order chi connectivity index (χ0) is 21.1. The van der Waals surface area contributed by atoms with Crippen LogP contribution in [0.2, 0.25) is 0 Å². The molecule has 1 saturated carbocycles. The van der Waals surface area contributed by atoms with Gasteiger partial charge in [-0.05, 0) is 19.3 Å². The summed E-state index contributed by atoms with van der Waals surface area (Å²) in [5, 5.41) is 13.6. The maximum Gasteiger partial charge on any atom is 0.391 e. The number of carbonyl (C=O) groups excluding carboxylic acids is 1. The number of ether oxygens (including phenoxy) is 2. The van der Waals surface area contributed by atoms with E-state index < -0.39 is 52.6 Å². The summed E-state index contributed by atoms with van der Waals surface area (Å²) in [4.78, 5) is 22.7. The predicted molar refractivity (Wildman–Crippen MR) is 85.5 cm³/mol. The van der Waals surface area contributed by atoms with Gasteiger partial charge < -0.3 is 14.8 Å². The number of benzene rings is 1. The molecule has 1 N–H and O–H groups in total. The Bertz CT molecular complexity index is 741. The molecule has 28 heavy (non-hydrogen) atoms. The molecular formula is C16H17F5N2O5. The summed E-state index contributed by atoms with van der Waals surface area (Å²) in [6, 6.07) is 0.629. The van der Waals surface area contributed by atoms with Crippen molar-refractivity contribution in [2.45, 2.75) is 44.5 Å². The Hall–Kier alpha value is -2.66. The van der Waals surface area contributed by atoms with Crippen molar-refractivity contribution in [1.82, 2.24) is 5.32 Å². The van der Waals surface area contributed by atoms with E-state index in [9.17, 15) is 36.9 Å². The molecule has 1 aliphatic carbocycles. The Kier molecular flexibility index (Phi) is 6.62. The lowest BCUT2D eigenvalue weighted by Crippen LogP contribution is -2.41. The van der Waals surface area contributed by atoms with E-state index in [0.29, 0.717) is 6.07 Å². The van der Waals surface area contributed by atoms with Gasteiger partial charge in [0.15, 0.2) is 11.5 Å². The molecule has 0 radical (unpaired) electrons. The first-order chi connectivity index (χ1) is 13.0. The summed E-state index contributed by atoms with van der Waals surface area (Å²) < 4.78 is 72.6. The van der Waals surface area contributed by atoms with Crippen molar-refractivity contribution < 1.29 is 41.1 Å². The smallest absolute Gasteiger partial charge is 0.391 e. The van der Waals surface area contributed by atoms with Gasteiger partial charge in [-0.2, -0.15) is 22.0 Å². The summed E-state index contributed by atoms with van der Waals surface area (Å²) in [7, 11) is 1.08. The van der Waals surface area contributed by atoms with E-state index in [1.807, 2.05) is 0 Å². The number of hydrogen-bond donors (Lipinski definition) is 1. The third-order valence-corrected chi connectivity index (χ3v) is 4.41. The Morgan fingerprint density at radius 3 is 2.50 bits per heavy atom. The minimum atomic E-state index is -4.40. The van der Waals surface area contributed by atoms with Crippen LogP contribution in [0.3, 0.4) is 0 Å².